The van der Waals surface area contributed by atoms with Crippen LogP contribution in [0.5, 0.6) is 0 Å². The van der Waals surface area contributed by atoms with Crippen LogP contribution in [-0.4, -0.2) is 84.3 Å². The van der Waals surface area contributed by atoms with Gasteiger partial charge in [0.1, 0.15) is 18.5 Å². The summed E-state index contributed by atoms with van der Waals surface area (Å²) >= 11 is 0. The Hall–Kier alpha value is -4.10. The molecular weight excluding hydrogens is 526 g/mol. The second kappa shape index (κ2) is 14.9. The van der Waals surface area contributed by atoms with Crippen LogP contribution < -0.4 is 4.90 Å². The van der Waals surface area contributed by atoms with Crippen LogP contribution in [0.1, 0.15) is 33.4 Å². The summed E-state index contributed by atoms with van der Waals surface area (Å²) in [5.41, 5.74) is 0.806. The van der Waals surface area contributed by atoms with Crippen molar-refractivity contribution in [1.82, 2.24) is 9.97 Å². The molecule has 0 N–H and O–H groups in total. The van der Waals surface area contributed by atoms with E-state index in [1.54, 1.807) is 18.5 Å². The molecule has 3 heterocycles. The van der Waals surface area contributed by atoms with E-state index in [-0.39, 0.29) is 13.2 Å². The normalized spacial score (nSPS) is 22.1. The maximum atomic E-state index is 12.0. The van der Waals surface area contributed by atoms with E-state index in [1.165, 1.54) is 13.8 Å². The molecule has 2 aromatic rings. The largest absolute Gasteiger partial charge is 0.463 e. The van der Waals surface area contributed by atoms with Crippen molar-refractivity contribution in [2.75, 3.05) is 24.7 Å². The zero-order valence-corrected chi connectivity index (χ0v) is 22.8. The fraction of sp³-hybridized carbons (Fsp3) is 0.481. The van der Waals surface area contributed by atoms with Crippen LogP contribution in [0, 0.1) is 0 Å². The number of ether oxygens (including phenoxy) is 6. The van der Waals surface area contributed by atoms with Gasteiger partial charge in [-0.25, -0.2) is 4.98 Å². The molecule has 13 heteroatoms. The molecule has 0 aromatic carbocycles. The number of aromatic nitrogens is 2. The van der Waals surface area contributed by atoms with Crippen LogP contribution >= 0.6 is 0 Å². The van der Waals surface area contributed by atoms with Crippen molar-refractivity contribution >= 4 is 29.7 Å². The number of nitrogens with zero attached hydrogens (tertiary/aromatic N) is 3. The molecule has 0 bridgehead atoms. The molecule has 40 heavy (non-hydrogen) atoms. The molecule has 0 saturated carbocycles. The van der Waals surface area contributed by atoms with Crippen LogP contribution in [0.2, 0.25) is 0 Å². The first-order valence-corrected chi connectivity index (χ1v) is 12.6. The highest BCUT2D eigenvalue weighted by atomic mass is 16.7. The average molecular weight is 560 g/mol. The highest BCUT2D eigenvalue weighted by molar-refractivity contribution is 5.68. The second-order valence-electron chi connectivity index (χ2n) is 8.87. The van der Waals surface area contributed by atoms with Gasteiger partial charge in [-0.05, 0) is 24.3 Å². The molecule has 0 amide bonds. The molecule has 5 atom stereocenters. The number of carbonyl (C=O) groups excluding carboxylic acids is 4. The van der Waals surface area contributed by atoms with Crippen molar-refractivity contribution < 1.29 is 47.6 Å². The van der Waals surface area contributed by atoms with Gasteiger partial charge in [0.2, 0.25) is 0 Å². The van der Waals surface area contributed by atoms with Crippen molar-refractivity contribution in [2.24, 2.45) is 0 Å². The van der Waals surface area contributed by atoms with Crippen LogP contribution in [0.4, 0.5) is 5.82 Å². The lowest BCUT2D eigenvalue weighted by atomic mass is 9.98. The van der Waals surface area contributed by atoms with Gasteiger partial charge in [-0.15, -0.1) is 0 Å². The zero-order valence-electron chi connectivity index (χ0n) is 22.8. The van der Waals surface area contributed by atoms with Crippen LogP contribution in [-0.2, 0) is 54.1 Å². The van der Waals surface area contributed by atoms with E-state index >= 15 is 0 Å². The molecule has 1 aliphatic heterocycles. The summed E-state index contributed by atoms with van der Waals surface area (Å²) in [6.07, 6.45) is -2.83. The Morgan fingerprint density at radius 2 is 1.43 bits per heavy atom. The summed E-state index contributed by atoms with van der Waals surface area (Å²) < 4.78 is 33.4. The first kappa shape index (κ1) is 30.4. The maximum Gasteiger partial charge on any atom is 0.303 e. The number of hydrogen-bond donors (Lipinski definition) is 0. The smallest absolute Gasteiger partial charge is 0.303 e. The Morgan fingerprint density at radius 3 is 2.00 bits per heavy atom. The maximum absolute atomic E-state index is 12.0. The summed E-state index contributed by atoms with van der Waals surface area (Å²) in [7, 11) is 0. The molecule has 0 radical (unpaired) electrons. The lowest BCUT2D eigenvalue weighted by Crippen LogP contribution is -2.63. The predicted molar refractivity (Wildman–Crippen MR) is 137 cm³/mol. The number of anilines is 1. The first-order chi connectivity index (χ1) is 19.1. The SMILES string of the molecule is CC(=O)OC[C@H]1O[C@@H](OCCN(Cc2ccccn2)c2ccccn2)[C@H](OC(C)=O)[C@@H](OC(C)=O)[C@@H]1OC(C)=O. The summed E-state index contributed by atoms with van der Waals surface area (Å²) in [5, 5.41) is 0. The third-order valence-electron chi connectivity index (χ3n) is 5.64. The number of carbonyl (C=O) groups is 4. The Balaban J connectivity index is 1.84. The molecule has 0 spiro atoms. The third kappa shape index (κ3) is 9.27. The fourth-order valence-electron chi connectivity index (χ4n) is 4.10. The van der Waals surface area contributed by atoms with E-state index in [1.807, 2.05) is 35.2 Å². The van der Waals surface area contributed by atoms with E-state index in [0.717, 1.165) is 19.5 Å². The number of pyridine rings is 2. The van der Waals surface area contributed by atoms with Crippen molar-refractivity contribution in [3.05, 3.63) is 54.5 Å². The average Bonchev–Trinajstić information content (AvgIpc) is 2.90. The highest BCUT2D eigenvalue weighted by Gasteiger charge is 2.52. The van der Waals surface area contributed by atoms with Gasteiger partial charge in [0.15, 0.2) is 24.6 Å². The van der Waals surface area contributed by atoms with E-state index in [9.17, 15) is 19.2 Å². The van der Waals surface area contributed by atoms with Crippen LogP contribution in [0.15, 0.2) is 48.8 Å². The predicted octanol–water partition coefficient (Wildman–Crippen LogP) is 1.58. The molecule has 0 aliphatic carbocycles. The van der Waals surface area contributed by atoms with Crippen LogP contribution in [0.25, 0.3) is 0 Å². The Labute approximate surface area is 231 Å². The van der Waals surface area contributed by atoms with Gasteiger partial charge >= 0.3 is 23.9 Å². The number of rotatable bonds is 12. The van der Waals surface area contributed by atoms with Gasteiger partial charge in [0.05, 0.1) is 18.8 Å². The molecule has 1 saturated heterocycles. The molecule has 13 nitrogen and oxygen atoms in total. The minimum absolute atomic E-state index is 0.0527. The summed E-state index contributed by atoms with van der Waals surface area (Å²) in [6.45, 7) is 5.16. The molecule has 1 fully saturated rings. The monoisotopic (exact) mass is 559 g/mol. The van der Waals surface area contributed by atoms with Gasteiger partial charge in [-0.1, -0.05) is 12.1 Å². The minimum Gasteiger partial charge on any atom is -0.463 e. The summed E-state index contributed by atoms with van der Waals surface area (Å²) in [4.78, 5) is 58.1. The van der Waals surface area contributed by atoms with E-state index in [2.05, 4.69) is 9.97 Å². The molecule has 2 aromatic heterocycles. The molecule has 216 valence electrons. The standard InChI is InChI=1S/C27H33N3O10/c1-17(31)36-16-22-24(37-18(2)32)25(38-19(3)33)26(39-20(4)34)27(40-22)35-14-13-30(23-10-6-8-12-29-23)15-21-9-5-7-11-28-21/h5-12,22,24-27H,13-16H2,1-4H3/t22-,24-,25+,26-,27-/m1/s1. The molecular formula is C27H33N3O10. The highest BCUT2D eigenvalue weighted by Crippen LogP contribution is 2.30. The minimum atomic E-state index is -1.30. The topological polar surface area (TPSA) is 153 Å². The molecule has 1 aliphatic rings. The Bertz CT molecular complexity index is 1130. The van der Waals surface area contributed by atoms with Gasteiger partial charge in [-0.3, -0.25) is 24.2 Å². The van der Waals surface area contributed by atoms with Crippen LogP contribution in [0.3, 0.4) is 0 Å². The quantitative estimate of drug-likeness (QED) is 0.273. The Morgan fingerprint density at radius 1 is 0.800 bits per heavy atom. The second-order valence-corrected chi connectivity index (χ2v) is 8.87. The van der Waals surface area contributed by atoms with Gasteiger partial charge in [0, 0.05) is 46.6 Å². The lowest BCUT2D eigenvalue weighted by Gasteiger charge is -2.44. The van der Waals surface area contributed by atoms with E-state index < -0.39 is 54.6 Å². The lowest BCUT2D eigenvalue weighted by molar-refractivity contribution is -0.307. The van der Waals surface area contributed by atoms with Crippen molar-refractivity contribution in [3.8, 4) is 0 Å². The zero-order chi connectivity index (χ0) is 29.1. The molecule has 3 rings (SSSR count). The summed E-state index contributed by atoms with van der Waals surface area (Å²) in [5.74, 6) is -2.06. The Kier molecular flexibility index (Phi) is 11.3. The van der Waals surface area contributed by atoms with Gasteiger partial charge < -0.3 is 33.3 Å². The van der Waals surface area contributed by atoms with Crippen molar-refractivity contribution in [2.45, 2.75) is 64.9 Å². The van der Waals surface area contributed by atoms with Crippen molar-refractivity contribution in [1.29, 1.82) is 0 Å². The first-order valence-electron chi connectivity index (χ1n) is 12.6. The third-order valence-corrected chi connectivity index (χ3v) is 5.64. The number of esters is 4. The fourth-order valence-corrected chi connectivity index (χ4v) is 4.10. The van der Waals surface area contributed by atoms with Gasteiger partial charge in [-0.2, -0.15) is 0 Å². The van der Waals surface area contributed by atoms with E-state index in [0.29, 0.717) is 18.9 Å². The summed E-state index contributed by atoms with van der Waals surface area (Å²) in [6, 6.07) is 11.1. The molecule has 0 unspecified atom stereocenters. The van der Waals surface area contributed by atoms with E-state index in [4.69, 9.17) is 28.4 Å². The van der Waals surface area contributed by atoms with Gasteiger partial charge in [0.25, 0.3) is 0 Å². The number of hydrogen-bond acceptors (Lipinski definition) is 13. The van der Waals surface area contributed by atoms with Crippen molar-refractivity contribution in [3.63, 3.8) is 0 Å².